The second kappa shape index (κ2) is 8.87. The van der Waals surface area contributed by atoms with Gasteiger partial charge in [-0.3, -0.25) is 14.5 Å². The maximum absolute atomic E-state index is 13.0. The van der Waals surface area contributed by atoms with Crippen molar-refractivity contribution in [2.24, 2.45) is 0 Å². The average molecular weight is 440 g/mol. The molecule has 3 fully saturated rings. The van der Waals surface area contributed by atoms with Crippen LogP contribution in [0.5, 0.6) is 5.75 Å². The number of nitrogens with zero attached hydrogens (tertiary/aromatic N) is 2. The number of carbonyl (C=O) groups is 2. The van der Waals surface area contributed by atoms with Crippen molar-refractivity contribution in [3.63, 3.8) is 0 Å². The highest BCUT2D eigenvalue weighted by Gasteiger charge is 2.40. The molecular formula is C25H33N3O4. The third-order valence-corrected chi connectivity index (χ3v) is 7.31. The van der Waals surface area contributed by atoms with E-state index in [4.69, 9.17) is 9.47 Å². The first-order chi connectivity index (χ1) is 15.5. The molecule has 32 heavy (non-hydrogen) atoms. The van der Waals surface area contributed by atoms with Gasteiger partial charge in [0.2, 0.25) is 5.91 Å². The SMILES string of the molecule is C=C1CCC(N2Cc3cc(O[C@@H]4CCCC[C@@H]4N4CC(OCC)C4)ccc3C2=O)C(=O)N1. The summed E-state index contributed by atoms with van der Waals surface area (Å²) >= 11 is 0. The van der Waals surface area contributed by atoms with Crippen molar-refractivity contribution < 1.29 is 19.1 Å². The summed E-state index contributed by atoms with van der Waals surface area (Å²) in [5.74, 6) is 0.611. The van der Waals surface area contributed by atoms with Crippen molar-refractivity contribution in [1.29, 1.82) is 0 Å². The third-order valence-electron chi connectivity index (χ3n) is 7.31. The largest absolute Gasteiger partial charge is 0.489 e. The van der Waals surface area contributed by atoms with Gasteiger partial charge in [0.1, 0.15) is 17.9 Å². The summed E-state index contributed by atoms with van der Waals surface area (Å²) < 4.78 is 12.2. The van der Waals surface area contributed by atoms with Crippen molar-refractivity contribution in [2.75, 3.05) is 19.7 Å². The Kier molecular flexibility index (Phi) is 5.95. The maximum atomic E-state index is 13.0. The summed E-state index contributed by atoms with van der Waals surface area (Å²) in [5.41, 5.74) is 2.34. The van der Waals surface area contributed by atoms with Gasteiger partial charge in [-0.05, 0) is 62.8 Å². The first kappa shape index (κ1) is 21.5. The van der Waals surface area contributed by atoms with Gasteiger partial charge in [0.15, 0.2) is 0 Å². The van der Waals surface area contributed by atoms with Crippen molar-refractivity contribution in [1.82, 2.24) is 15.1 Å². The number of nitrogens with one attached hydrogen (secondary N) is 1. The van der Waals surface area contributed by atoms with E-state index >= 15 is 0 Å². The van der Waals surface area contributed by atoms with E-state index in [0.717, 1.165) is 49.5 Å². The van der Waals surface area contributed by atoms with Gasteiger partial charge in [-0.15, -0.1) is 0 Å². The van der Waals surface area contributed by atoms with Crippen LogP contribution < -0.4 is 10.1 Å². The summed E-state index contributed by atoms with van der Waals surface area (Å²) in [7, 11) is 0. The summed E-state index contributed by atoms with van der Waals surface area (Å²) in [6.07, 6.45) is 6.47. The zero-order valence-corrected chi connectivity index (χ0v) is 18.8. The Balaban J connectivity index is 1.26. The van der Waals surface area contributed by atoms with Gasteiger partial charge in [0.25, 0.3) is 5.91 Å². The van der Waals surface area contributed by atoms with Crippen molar-refractivity contribution in [3.8, 4) is 5.75 Å². The highest BCUT2D eigenvalue weighted by molar-refractivity contribution is 6.01. The highest BCUT2D eigenvalue weighted by atomic mass is 16.5. The van der Waals surface area contributed by atoms with Crippen LogP contribution in [0.25, 0.3) is 0 Å². The molecule has 5 rings (SSSR count). The van der Waals surface area contributed by atoms with Crippen molar-refractivity contribution >= 4 is 11.8 Å². The first-order valence-corrected chi connectivity index (χ1v) is 12.0. The lowest BCUT2D eigenvalue weighted by molar-refractivity contribution is -0.126. The number of allylic oxidation sites excluding steroid dienone is 1. The maximum Gasteiger partial charge on any atom is 0.255 e. The Bertz CT molecular complexity index is 910. The molecule has 0 aromatic heterocycles. The molecule has 1 unspecified atom stereocenters. The van der Waals surface area contributed by atoms with Crippen LogP contribution in [0, 0.1) is 0 Å². The van der Waals surface area contributed by atoms with Crippen LogP contribution in [0.4, 0.5) is 0 Å². The minimum Gasteiger partial charge on any atom is -0.489 e. The normalized spacial score (nSPS) is 29.0. The number of benzene rings is 1. The first-order valence-electron chi connectivity index (χ1n) is 12.0. The molecule has 1 saturated carbocycles. The molecule has 2 saturated heterocycles. The number of carbonyl (C=O) groups excluding carboxylic acids is 2. The van der Waals surface area contributed by atoms with E-state index in [9.17, 15) is 9.59 Å². The van der Waals surface area contributed by atoms with Gasteiger partial charge in [0.05, 0.1) is 6.10 Å². The molecule has 1 aromatic carbocycles. The quantitative estimate of drug-likeness (QED) is 0.738. The molecule has 1 N–H and O–H groups in total. The lowest BCUT2D eigenvalue weighted by atomic mass is 9.89. The zero-order chi connectivity index (χ0) is 22.2. The van der Waals surface area contributed by atoms with Crippen LogP contribution >= 0.6 is 0 Å². The Morgan fingerprint density at radius 1 is 1.16 bits per heavy atom. The molecule has 3 heterocycles. The Labute approximate surface area is 189 Å². The molecule has 1 aliphatic carbocycles. The molecule has 3 aliphatic heterocycles. The van der Waals surface area contributed by atoms with Gasteiger partial charge < -0.3 is 19.7 Å². The van der Waals surface area contributed by atoms with Crippen LogP contribution in [0.1, 0.15) is 61.4 Å². The van der Waals surface area contributed by atoms with E-state index < -0.39 is 6.04 Å². The highest BCUT2D eigenvalue weighted by Crippen LogP contribution is 2.34. The smallest absolute Gasteiger partial charge is 0.255 e. The van der Waals surface area contributed by atoms with E-state index in [-0.39, 0.29) is 17.9 Å². The molecule has 4 aliphatic rings. The molecule has 172 valence electrons. The van der Waals surface area contributed by atoms with Gasteiger partial charge >= 0.3 is 0 Å². The lowest BCUT2D eigenvalue weighted by Gasteiger charge is -2.47. The van der Waals surface area contributed by atoms with E-state index in [1.807, 2.05) is 25.1 Å². The molecular weight excluding hydrogens is 406 g/mol. The predicted molar refractivity (Wildman–Crippen MR) is 120 cm³/mol. The topological polar surface area (TPSA) is 71.1 Å². The van der Waals surface area contributed by atoms with Gasteiger partial charge in [0, 0.05) is 43.5 Å². The molecule has 7 heteroatoms. The summed E-state index contributed by atoms with van der Waals surface area (Å²) in [4.78, 5) is 29.6. The van der Waals surface area contributed by atoms with E-state index in [0.29, 0.717) is 37.1 Å². The number of ether oxygens (including phenoxy) is 2. The van der Waals surface area contributed by atoms with Crippen molar-refractivity contribution in [2.45, 2.75) is 76.3 Å². The summed E-state index contributed by atoms with van der Waals surface area (Å²) in [5, 5.41) is 2.79. The molecule has 1 aromatic rings. The fraction of sp³-hybridized carbons (Fsp3) is 0.600. The Hall–Kier alpha value is -2.38. The number of likely N-dealkylation sites (tertiary alicyclic amines) is 1. The minimum atomic E-state index is -0.433. The molecule has 0 radical (unpaired) electrons. The van der Waals surface area contributed by atoms with Crippen LogP contribution in [-0.2, 0) is 16.1 Å². The molecule has 0 spiro atoms. The average Bonchev–Trinajstić information content (AvgIpc) is 3.07. The second-order valence-electron chi connectivity index (χ2n) is 9.44. The second-order valence-corrected chi connectivity index (χ2v) is 9.44. The van der Waals surface area contributed by atoms with Gasteiger partial charge in [-0.2, -0.15) is 0 Å². The fourth-order valence-corrected chi connectivity index (χ4v) is 5.59. The number of piperidine rings is 1. The molecule has 3 atom stereocenters. The number of rotatable bonds is 6. The zero-order valence-electron chi connectivity index (χ0n) is 18.8. The third kappa shape index (κ3) is 4.04. The van der Waals surface area contributed by atoms with E-state index in [1.165, 1.54) is 12.8 Å². The molecule has 7 nitrogen and oxygen atoms in total. The van der Waals surface area contributed by atoms with Gasteiger partial charge in [-0.1, -0.05) is 13.0 Å². The van der Waals surface area contributed by atoms with Crippen LogP contribution in [0.15, 0.2) is 30.5 Å². The number of fused-ring (bicyclic) bond motifs is 1. The van der Waals surface area contributed by atoms with Crippen LogP contribution in [0.3, 0.4) is 0 Å². The van der Waals surface area contributed by atoms with E-state index in [2.05, 4.69) is 16.8 Å². The monoisotopic (exact) mass is 439 g/mol. The lowest BCUT2D eigenvalue weighted by Crippen LogP contribution is -2.61. The summed E-state index contributed by atoms with van der Waals surface area (Å²) in [6, 6.07) is 5.76. The molecule has 2 amide bonds. The van der Waals surface area contributed by atoms with Crippen LogP contribution in [0.2, 0.25) is 0 Å². The molecule has 0 bridgehead atoms. The van der Waals surface area contributed by atoms with Crippen LogP contribution in [-0.4, -0.2) is 65.6 Å². The summed E-state index contributed by atoms with van der Waals surface area (Å²) in [6.45, 7) is 9.07. The van der Waals surface area contributed by atoms with Gasteiger partial charge in [-0.25, -0.2) is 0 Å². The minimum absolute atomic E-state index is 0.0719. The Morgan fingerprint density at radius 3 is 2.75 bits per heavy atom. The Morgan fingerprint density at radius 2 is 1.97 bits per heavy atom. The van der Waals surface area contributed by atoms with Crippen molar-refractivity contribution in [3.05, 3.63) is 41.6 Å². The number of hydrogen-bond donors (Lipinski definition) is 1. The standard InChI is InChI=1S/C25H33N3O4/c1-3-31-19-14-27(15-19)21-6-4-5-7-23(21)32-18-9-10-20-17(12-18)13-28(25(20)30)22-11-8-16(2)26-24(22)29/h9-10,12,19,21-23H,2-8,11,13-15H2,1H3,(H,26,29)/t21-,22?,23+/m0/s1. The number of amides is 2. The van der Waals surface area contributed by atoms with E-state index in [1.54, 1.807) is 4.90 Å². The number of hydrogen-bond acceptors (Lipinski definition) is 5. The predicted octanol–water partition coefficient (Wildman–Crippen LogP) is 2.85. The fourth-order valence-electron chi connectivity index (χ4n) is 5.59.